The van der Waals surface area contributed by atoms with Crippen LogP contribution >= 0.6 is 0 Å². The van der Waals surface area contributed by atoms with Crippen molar-refractivity contribution in [2.75, 3.05) is 0 Å². The Hall–Kier alpha value is -1.73. The van der Waals surface area contributed by atoms with Gasteiger partial charge in [0.1, 0.15) is 12.2 Å². The van der Waals surface area contributed by atoms with E-state index >= 15 is 0 Å². The first-order valence-corrected chi connectivity index (χ1v) is 9.12. The first-order valence-electron chi connectivity index (χ1n) is 9.12. The first kappa shape index (κ1) is 24.3. The Balaban J connectivity index is 4.08. The lowest BCUT2D eigenvalue weighted by Crippen LogP contribution is -2.06. The molecule has 0 amide bonds. The van der Waals surface area contributed by atoms with Gasteiger partial charge in [0, 0.05) is 6.42 Å². The maximum atomic E-state index is 10.4. The number of rotatable bonds is 16. The van der Waals surface area contributed by atoms with Gasteiger partial charge in [-0.15, -0.1) is 0 Å². The van der Waals surface area contributed by atoms with Crippen molar-refractivity contribution in [2.24, 2.45) is 0 Å². The molecule has 0 aliphatic rings. The van der Waals surface area contributed by atoms with Crippen molar-refractivity contribution in [1.82, 2.24) is 0 Å². The van der Waals surface area contributed by atoms with Crippen LogP contribution in [0.5, 0.6) is 0 Å². The Morgan fingerprint density at radius 2 is 1.58 bits per heavy atom. The number of carboxylic acid groups (broad SMARTS) is 1. The number of hydrogen-bond acceptors (Lipinski definition) is 5. The van der Waals surface area contributed by atoms with E-state index in [1.807, 2.05) is 12.2 Å². The van der Waals surface area contributed by atoms with E-state index in [4.69, 9.17) is 15.6 Å². The third kappa shape index (κ3) is 15.8. The highest BCUT2D eigenvalue weighted by molar-refractivity contribution is 5.66. The summed E-state index contributed by atoms with van der Waals surface area (Å²) in [5.74, 6) is -0.795. The Morgan fingerprint density at radius 3 is 2.15 bits per heavy atom. The summed E-state index contributed by atoms with van der Waals surface area (Å²) in [6.07, 6.45) is 19.6. The SMILES string of the molecule is CCCCCC(/C=C/C=C\C=C/C(C/C=C\CCCC(=O)O)OO)OO. The summed E-state index contributed by atoms with van der Waals surface area (Å²) >= 11 is 0. The number of unbranched alkanes of at least 4 members (excludes halogenated alkanes) is 3. The molecule has 6 heteroatoms. The molecule has 0 aromatic rings. The van der Waals surface area contributed by atoms with E-state index in [1.165, 1.54) is 0 Å². The molecule has 0 aliphatic carbocycles. The quantitative estimate of drug-likeness (QED) is 0.115. The molecule has 0 saturated heterocycles. The molecule has 2 atom stereocenters. The largest absolute Gasteiger partial charge is 0.481 e. The van der Waals surface area contributed by atoms with Crippen molar-refractivity contribution in [2.45, 2.75) is 70.5 Å². The highest BCUT2D eigenvalue weighted by atomic mass is 17.1. The van der Waals surface area contributed by atoms with Crippen molar-refractivity contribution < 1.29 is 30.2 Å². The molecule has 0 rings (SSSR count). The number of carbonyl (C=O) groups is 1. The number of allylic oxidation sites excluding steroid dienone is 5. The van der Waals surface area contributed by atoms with Crippen molar-refractivity contribution in [3.8, 4) is 0 Å². The minimum absolute atomic E-state index is 0.156. The van der Waals surface area contributed by atoms with Crippen molar-refractivity contribution in [3.05, 3.63) is 48.6 Å². The zero-order valence-electron chi connectivity index (χ0n) is 15.5. The van der Waals surface area contributed by atoms with E-state index in [9.17, 15) is 4.79 Å². The standard InChI is InChI=1S/C20H32O6/c1-2-3-8-13-18(25-23)14-9-4-5-10-15-19(26-24)16-11-6-7-12-17-20(21)22/h4-6,9-11,14-15,18-19,23-24H,2-3,7-8,12-13,16-17H2,1H3,(H,21,22)/b5-4-,11-6-,14-9+,15-10-. The first-order chi connectivity index (χ1) is 12.6. The highest BCUT2D eigenvalue weighted by Gasteiger charge is 2.03. The topological polar surface area (TPSA) is 96.2 Å². The number of carboxylic acids is 1. The lowest BCUT2D eigenvalue weighted by atomic mass is 10.1. The molecule has 3 N–H and O–H groups in total. The normalized spacial score (nSPS) is 14.9. The van der Waals surface area contributed by atoms with E-state index in [0.29, 0.717) is 19.3 Å². The van der Waals surface area contributed by atoms with Gasteiger partial charge in [-0.1, -0.05) is 74.8 Å². The molecular formula is C20H32O6. The Bertz CT molecular complexity index is 453. The lowest BCUT2D eigenvalue weighted by molar-refractivity contribution is -0.267. The minimum atomic E-state index is -0.795. The van der Waals surface area contributed by atoms with Crippen LogP contribution < -0.4 is 0 Å². The average Bonchev–Trinajstić information content (AvgIpc) is 2.63. The van der Waals surface area contributed by atoms with Crippen LogP contribution in [0.2, 0.25) is 0 Å². The smallest absolute Gasteiger partial charge is 0.303 e. The Kier molecular flexibility index (Phi) is 16.9. The van der Waals surface area contributed by atoms with Crippen LogP contribution in [0.15, 0.2) is 48.6 Å². The Labute approximate surface area is 156 Å². The van der Waals surface area contributed by atoms with Crippen LogP contribution in [0.25, 0.3) is 0 Å². The zero-order chi connectivity index (χ0) is 19.5. The van der Waals surface area contributed by atoms with E-state index in [-0.39, 0.29) is 12.5 Å². The highest BCUT2D eigenvalue weighted by Crippen LogP contribution is 2.07. The van der Waals surface area contributed by atoms with Crippen LogP contribution in [0.4, 0.5) is 0 Å². The van der Waals surface area contributed by atoms with E-state index < -0.39 is 12.1 Å². The molecule has 0 aromatic heterocycles. The summed E-state index contributed by atoms with van der Waals surface area (Å²) in [6, 6.07) is 0. The summed E-state index contributed by atoms with van der Waals surface area (Å²) < 4.78 is 0. The fourth-order valence-corrected chi connectivity index (χ4v) is 2.16. The van der Waals surface area contributed by atoms with E-state index in [1.54, 1.807) is 36.5 Å². The predicted molar refractivity (Wildman–Crippen MR) is 102 cm³/mol. The minimum Gasteiger partial charge on any atom is -0.481 e. The summed E-state index contributed by atoms with van der Waals surface area (Å²) in [4.78, 5) is 19.2. The number of aliphatic carboxylic acids is 1. The molecular weight excluding hydrogens is 336 g/mol. The monoisotopic (exact) mass is 368 g/mol. The van der Waals surface area contributed by atoms with Crippen molar-refractivity contribution >= 4 is 5.97 Å². The van der Waals surface area contributed by atoms with Gasteiger partial charge in [0.15, 0.2) is 0 Å². The van der Waals surface area contributed by atoms with Gasteiger partial charge in [-0.3, -0.25) is 15.3 Å². The molecule has 0 bridgehead atoms. The van der Waals surface area contributed by atoms with Gasteiger partial charge in [0.05, 0.1) is 0 Å². The molecule has 2 unspecified atom stereocenters. The molecule has 148 valence electrons. The van der Waals surface area contributed by atoms with Crippen LogP contribution in [-0.4, -0.2) is 33.8 Å². The molecule has 26 heavy (non-hydrogen) atoms. The third-order valence-corrected chi connectivity index (χ3v) is 3.64. The van der Waals surface area contributed by atoms with Gasteiger partial charge in [0.25, 0.3) is 0 Å². The van der Waals surface area contributed by atoms with Gasteiger partial charge < -0.3 is 5.11 Å². The summed E-state index contributed by atoms with van der Waals surface area (Å²) in [6.45, 7) is 2.12. The molecule has 0 fully saturated rings. The molecule has 0 heterocycles. The lowest BCUT2D eigenvalue weighted by Gasteiger charge is -2.07. The second-order valence-corrected chi connectivity index (χ2v) is 5.93. The van der Waals surface area contributed by atoms with Gasteiger partial charge in [-0.25, -0.2) is 9.78 Å². The average molecular weight is 368 g/mol. The van der Waals surface area contributed by atoms with Gasteiger partial charge in [-0.2, -0.15) is 0 Å². The molecule has 6 nitrogen and oxygen atoms in total. The zero-order valence-corrected chi connectivity index (χ0v) is 15.5. The van der Waals surface area contributed by atoms with Crippen LogP contribution in [0, 0.1) is 0 Å². The summed E-state index contributed by atoms with van der Waals surface area (Å²) in [5, 5.41) is 26.2. The predicted octanol–water partition coefficient (Wildman–Crippen LogP) is 5.15. The van der Waals surface area contributed by atoms with E-state index in [0.717, 1.165) is 25.7 Å². The summed E-state index contributed by atoms with van der Waals surface area (Å²) in [7, 11) is 0. The third-order valence-electron chi connectivity index (χ3n) is 3.64. The number of hydrogen-bond donors (Lipinski definition) is 3. The van der Waals surface area contributed by atoms with Crippen LogP contribution in [0.3, 0.4) is 0 Å². The second-order valence-electron chi connectivity index (χ2n) is 5.93. The van der Waals surface area contributed by atoms with Crippen molar-refractivity contribution in [3.63, 3.8) is 0 Å². The Morgan fingerprint density at radius 1 is 0.923 bits per heavy atom. The van der Waals surface area contributed by atoms with Gasteiger partial charge >= 0.3 is 5.97 Å². The van der Waals surface area contributed by atoms with Gasteiger partial charge in [-0.05, 0) is 25.7 Å². The van der Waals surface area contributed by atoms with Crippen LogP contribution in [0.1, 0.15) is 58.3 Å². The fourth-order valence-electron chi connectivity index (χ4n) is 2.16. The maximum absolute atomic E-state index is 10.4. The molecule has 0 aliphatic heterocycles. The van der Waals surface area contributed by atoms with Crippen molar-refractivity contribution in [1.29, 1.82) is 0 Å². The molecule has 0 spiro atoms. The second kappa shape index (κ2) is 18.1. The molecule has 0 aromatic carbocycles. The summed E-state index contributed by atoms with van der Waals surface area (Å²) in [5.41, 5.74) is 0. The fraction of sp³-hybridized carbons (Fsp3) is 0.550. The van der Waals surface area contributed by atoms with Crippen LogP contribution in [-0.2, 0) is 14.6 Å². The van der Waals surface area contributed by atoms with Gasteiger partial charge in [0.2, 0.25) is 0 Å². The molecule has 0 saturated carbocycles. The maximum Gasteiger partial charge on any atom is 0.303 e. The van der Waals surface area contributed by atoms with E-state index in [2.05, 4.69) is 16.7 Å². The molecule has 0 radical (unpaired) electrons.